The van der Waals surface area contributed by atoms with Gasteiger partial charge in [0.1, 0.15) is 0 Å². The van der Waals surface area contributed by atoms with Crippen LogP contribution in [0.4, 0.5) is 5.95 Å². The molecule has 0 saturated carbocycles. The molecule has 5 nitrogen and oxygen atoms in total. The standard InChI is InChI=1S/C10H16N4OS/c1-14(4-3-11)10-12-8-6-16-5-7(8)9(13-10)15-2/h3-6,11H2,1-2H3. The van der Waals surface area contributed by atoms with Gasteiger partial charge in [0.15, 0.2) is 0 Å². The summed E-state index contributed by atoms with van der Waals surface area (Å²) in [6.07, 6.45) is 0. The lowest BCUT2D eigenvalue weighted by Crippen LogP contribution is -2.27. The van der Waals surface area contributed by atoms with Crippen LogP contribution in [0.1, 0.15) is 11.3 Å². The third-order valence-corrected chi connectivity index (χ3v) is 3.50. The van der Waals surface area contributed by atoms with E-state index in [9.17, 15) is 0 Å². The second-order valence-corrected chi connectivity index (χ2v) is 4.65. The summed E-state index contributed by atoms with van der Waals surface area (Å²) in [5.41, 5.74) is 7.75. The van der Waals surface area contributed by atoms with E-state index in [1.54, 1.807) is 7.11 Å². The van der Waals surface area contributed by atoms with Crippen molar-refractivity contribution in [1.82, 2.24) is 9.97 Å². The minimum atomic E-state index is 0.591. The van der Waals surface area contributed by atoms with Crippen molar-refractivity contribution in [2.24, 2.45) is 5.73 Å². The summed E-state index contributed by atoms with van der Waals surface area (Å²) >= 11 is 1.84. The zero-order chi connectivity index (χ0) is 11.5. The van der Waals surface area contributed by atoms with Gasteiger partial charge in [-0.05, 0) is 0 Å². The molecule has 88 valence electrons. The topological polar surface area (TPSA) is 64.3 Å². The summed E-state index contributed by atoms with van der Waals surface area (Å²) in [7, 11) is 3.59. The molecule has 6 heteroatoms. The fourth-order valence-corrected chi connectivity index (χ4v) is 2.67. The Morgan fingerprint density at radius 1 is 1.44 bits per heavy atom. The van der Waals surface area contributed by atoms with E-state index in [-0.39, 0.29) is 0 Å². The van der Waals surface area contributed by atoms with E-state index in [1.807, 2.05) is 23.7 Å². The Morgan fingerprint density at radius 3 is 2.94 bits per heavy atom. The molecule has 16 heavy (non-hydrogen) atoms. The van der Waals surface area contributed by atoms with Crippen molar-refractivity contribution >= 4 is 17.7 Å². The number of ether oxygens (including phenoxy) is 1. The molecule has 0 aliphatic carbocycles. The predicted octanol–water partition coefficient (Wildman–Crippen LogP) is 0.627. The van der Waals surface area contributed by atoms with E-state index in [4.69, 9.17) is 10.5 Å². The Hall–Kier alpha value is -1.01. The number of anilines is 1. The molecule has 0 amide bonds. The molecule has 0 unspecified atom stereocenters. The predicted molar refractivity (Wildman–Crippen MR) is 65.9 cm³/mol. The van der Waals surface area contributed by atoms with E-state index >= 15 is 0 Å². The first-order chi connectivity index (χ1) is 7.76. The molecule has 1 aromatic rings. The van der Waals surface area contributed by atoms with Crippen LogP contribution in [0, 0.1) is 0 Å². The Morgan fingerprint density at radius 2 is 2.25 bits per heavy atom. The van der Waals surface area contributed by atoms with Crippen molar-refractivity contribution in [2.75, 3.05) is 32.1 Å². The average molecular weight is 240 g/mol. The van der Waals surface area contributed by atoms with E-state index in [0.29, 0.717) is 18.4 Å². The Bertz CT molecular complexity index is 385. The second kappa shape index (κ2) is 4.88. The van der Waals surface area contributed by atoms with Crippen molar-refractivity contribution in [1.29, 1.82) is 0 Å². The lowest BCUT2D eigenvalue weighted by atomic mass is 10.2. The molecular formula is C10H16N4OS. The molecule has 2 N–H and O–H groups in total. The molecule has 1 aliphatic rings. The van der Waals surface area contributed by atoms with Gasteiger partial charge in [-0.25, -0.2) is 4.98 Å². The van der Waals surface area contributed by atoms with Crippen LogP contribution in [0.15, 0.2) is 0 Å². The Labute approximate surface area is 99.4 Å². The van der Waals surface area contributed by atoms with Crippen molar-refractivity contribution in [3.05, 3.63) is 11.3 Å². The van der Waals surface area contributed by atoms with Crippen LogP contribution in [0.2, 0.25) is 0 Å². The molecule has 0 aromatic carbocycles. The van der Waals surface area contributed by atoms with Gasteiger partial charge >= 0.3 is 0 Å². The molecule has 0 fully saturated rings. The Balaban J connectivity index is 2.34. The van der Waals surface area contributed by atoms with Gasteiger partial charge in [-0.15, -0.1) is 0 Å². The fourth-order valence-electron chi connectivity index (χ4n) is 1.64. The monoisotopic (exact) mass is 240 g/mol. The maximum Gasteiger partial charge on any atom is 0.228 e. The number of nitrogens with zero attached hydrogens (tertiary/aromatic N) is 3. The van der Waals surface area contributed by atoms with E-state index < -0.39 is 0 Å². The summed E-state index contributed by atoms with van der Waals surface area (Å²) < 4.78 is 5.30. The third kappa shape index (κ3) is 2.08. The quantitative estimate of drug-likeness (QED) is 0.832. The maximum atomic E-state index is 5.52. The first-order valence-electron chi connectivity index (χ1n) is 5.19. The fraction of sp³-hybridized carbons (Fsp3) is 0.600. The molecule has 2 rings (SSSR count). The van der Waals surface area contributed by atoms with E-state index in [1.165, 1.54) is 0 Å². The zero-order valence-electron chi connectivity index (χ0n) is 9.56. The van der Waals surface area contributed by atoms with Crippen molar-refractivity contribution in [3.63, 3.8) is 0 Å². The first-order valence-corrected chi connectivity index (χ1v) is 6.34. The summed E-state index contributed by atoms with van der Waals surface area (Å²) in [6, 6.07) is 0. The van der Waals surface area contributed by atoms with Crippen LogP contribution >= 0.6 is 11.8 Å². The van der Waals surface area contributed by atoms with Gasteiger partial charge < -0.3 is 15.4 Å². The van der Waals surface area contributed by atoms with Crippen LogP contribution in [0.3, 0.4) is 0 Å². The number of methoxy groups -OCH3 is 1. The van der Waals surface area contributed by atoms with Gasteiger partial charge in [0.2, 0.25) is 11.8 Å². The lowest BCUT2D eigenvalue weighted by molar-refractivity contribution is 0.392. The van der Waals surface area contributed by atoms with Gasteiger partial charge in [0, 0.05) is 37.2 Å². The number of likely N-dealkylation sites (N-methyl/N-ethyl adjacent to an activating group) is 1. The molecule has 2 heterocycles. The number of fused-ring (bicyclic) bond motifs is 1. The van der Waals surface area contributed by atoms with Gasteiger partial charge in [0.05, 0.1) is 12.8 Å². The van der Waals surface area contributed by atoms with Crippen LogP contribution in [-0.2, 0) is 11.5 Å². The highest BCUT2D eigenvalue weighted by atomic mass is 32.2. The summed E-state index contributed by atoms with van der Waals surface area (Å²) in [6.45, 7) is 1.34. The minimum Gasteiger partial charge on any atom is -0.481 e. The van der Waals surface area contributed by atoms with Crippen molar-refractivity contribution in [3.8, 4) is 5.88 Å². The van der Waals surface area contributed by atoms with Crippen LogP contribution in [0.25, 0.3) is 0 Å². The van der Waals surface area contributed by atoms with E-state index in [2.05, 4.69) is 9.97 Å². The molecule has 0 radical (unpaired) electrons. The number of aromatic nitrogens is 2. The number of nitrogens with two attached hydrogens (primary N) is 1. The largest absolute Gasteiger partial charge is 0.481 e. The Kier molecular flexibility index (Phi) is 3.50. The van der Waals surface area contributed by atoms with Crippen LogP contribution < -0.4 is 15.4 Å². The smallest absolute Gasteiger partial charge is 0.228 e. The van der Waals surface area contributed by atoms with Crippen molar-refractivity contribution in [2.45, 2.75) is 11.5 Å². The maximum absolute atomic E-state index is 5.52. The highest BCUT2D eigenvalue weighted by Gasteiger charge is 2.21. The number of thioether (sulfide) groups is 1. The van der Waals surface area contributed by atoms with Crippen LogP contribution in [0.5, 0.6) is 5.88 Å². The number of hydrogen-bond donors (Lipinski definition) is 1. The SMILES string of the molecule is COc1nc(N(C)CCN)nc2c1CSC2. The second-order valence-electron chi connectivity index (χ2n) is 3.66. The first kappa shape index (κ1) is 11.5. The zero-order valence-corrected chi connectivity index (χ0v) is 10.4. The van der Waals surface area contributed by atoms with Crippen LogP contribution in [-0.4, -0.2) is 37.2 Å². The molecule has 1 aromatic heterocycles. The molecule has 0 bridgehead atoms. The molecular weight excluding hydrogens is 224 g/mol. The number of hydrogen-bond acceptors (Lipinski definition) is 6. The molecule has 1 aliphatic heterocycles. The van der Waals surface area contributed by atoms with Gasteiger partial charge in [-0.1, -0.05) is 0 Å². The normalized spacial score (nSPS) is 13.7. The average Bonchev–Trinajstić information content (AvgIpc) is 2.75. The van der Waals surface area contributed by atoms with E-state index in [0.717, 1.165) is 29.3 Å². The minimum absolute atomic E-state index is 0.591. The van der Waals surface area contributed by atoms with Crippen molar-refractivity contribution < 1.29 is 4.74 Å². The highest BCUT2D eigenvalue weighted by Crippen LogP contribution is 2.34. The number of rotatable bonds is 4. The molecule has 0 atom stereocenters. The van der Waals surface area contributed by atoms with Gasteiger partial charge in [0.25, 0.3) is 0 Å². The summed E-state index contributed by atoms with van der Waals surface area (Å²) in [5, 5.41) is 0. The van der Waals surface area contributed by atoms with Gasteiger partial charge in [-0.2, -0.15) is 16.7 Å². The lowest BCUT2D eigenvalue weighted by Gasteiger charge is -2.17. The van der Waals surface area contributed by atoms with Gasteiger partial charge in [-0.3, -0.25) is 0 Å². The summed E-state index contributed by atoms with van der Waals surface area (Å²) in [4.78, 5) is 10.9. The molecule has 0 saturated heterocycles. The third-order valence-electron chi connectivity index (χ3n) is 2.53. The highest BCUT2D eigenvalue weighted by molar-refractivity contribution is 7.98. The summed E-state index contributed by atoms with van der Waals surface area (Å²) in [5.74, 6) is 3.29. The molecule has 0 spiro atoms.